The lowest BCUT2D eigenvalue weighted by molar-refractivity contribution is -0.134. The van der Waals surface area contributed by atoms with Crippen LogP contribution >= 0.6 is 0 Å². The molecule has 0 aromatic heterocycles. The van der Waals surface area contributed by atoms with E-state index in [9.17, 15) is 13.6 Å². The highest BCUT2D eigenvalue weighted by Crippen LogP contribution is 2.29. The second-order valence-electron chi connectivity index (χ2n) is 7.11. The lowest BCUT2D eigenvalue weighted by atomic mass is 10.0. The number of halogens is 2. The largest absolute Gasteiger partial charge is 0.340 e. The Hall–Kier alpha value is -1.49. The highest BCUT2D eigenvalue weighted by Gasteiger charge is 2.28. The van der Waals surface area contributed by atoms with Crippen molar-refractivity contribution in [2.45, 2.75) is 45.1 Å². The summed E-state index contributed by atoms with van der Waals surface area (Å²) in [6.45, 7) is 4.78. The van der Waals surface area contributed by atoms with Gasteiger partial charge in [-0.05, 0) is 31.7 Å². The summed E-state index contributed by atoms with van der Waals surface area (Å²) in [5.74, 6) is -0.210. The number of carbonyl (C=O) groups is 1. The van der Waals surface area contributed by atoms with Crippen LogP contribution in [0.5, 0.6) is 0 Å². The predicted octanol–water partition coefficient (Wildman–Crippen LogP) is 3.75. The molecule has 3 nitrogen and oxygen atoms in total. The van der Waals surface area contributed by atoms with E-state index < -0.39 is 11.6 Å². The van der Waals surface area contributed by atoms with Gasteiger partial charge < -0.3 is 4.90 Å². The van der Waals surface area contributed by atoms with Crippen molar-refractivity contribution in [3.63, 3.8) is 0 Å². The van der Waals surface area contributed by atoms with Crippen LogP contribution in [0.25, 0.3) is 0 Å². The standard InChI is InChI=1S/C19H26F2N2O/c1-14(17-7-6-16(20)13-18(17)21)22-8-10-23(11-9-22)19(24)12-15-4-2-3-5-15/h6-7,13-15H,2-5,8-12H2,1H3. The van der Waals surface area contributed by atoms with Crippen molar-refractivity contribution in [1.29, 1.82) is 0 Å². The molecule has 1 heterocycles. The Balaban J connectivity index is 1.53. The molecule has 1 aliphatic heterocycles. The van der Waals surface area contributed by atoms with Crippen LogP contribution in [0.15, 0.2) is 18.2 Å². The molecule has 0 N–H and O–H groups in total. The fraction of sp³-hybridized carbons (Fsp3) is 0.632. The third-order valence-corrected chi connectivity index (χ3v) is 5.57. The van der Waals surface area contributed by atoms with Crippen LogP contribution in [-0.2, 0) is 4.79 Å². The van der Waals surface area contributed by atoms with Crippen LogP contribution in [-0.4, -0.2) is 41.9 Å². The molecule has 1 aromatic carbocycles. The number of amides is 1. The first-order valence-electron chi connectivity index (χ1n) is 9.01. The Morgan fingerprint density at radius 3 is 2.46 bits per heavy atom. The maximum atomic E-state index is 14.0. The molecule has 1 aliphatic carbocycles. The minimum atomic E-state index is -0.550. The molecular formula is C19H26F2N2O. The molecular weight excluding hydrogens is 310 g/mol. The summed E-state index contributed by atoms with van der Waals surface area (Å²) in [6, 6.07) is 3.65. The smallest absolute Gasteiger partial charge is 0.222 e. The quantitative estimate of drug-likeness (QED) is 0.836. The van der Waals surface area contributed by atoms with Gasteiger partial charge in [0.25, 0.3) is 0 Å². The average Bonchev–Trinajstić information content (AvgIpc) is 3.07. The van der Waals surface area contributed by atoms with E-state index >= 15 is 0 Å². The van der Waals surface area contributed by atoms with Crippen LogP contribution in [0.3, 0.4) is 0 Å². The van der Waals surface area contributed by atoms with Crippen LogP contribution < -0.4 is 0 Å². The summed E-state index contributed by atoms with van der Waals surface area (Å²) in [7, 11) is 0. The van der Waals surface area contributed by atoms with Crippen molar-refractivity contribution in [3.05, 3.63) is 35.4 Å². The minimum Gasteiger partial charge on any atom is -0.340 e. The number of hydrogen-bond acceptors (Lipinski definition) is 2. The van der Waals surface area contributed by atoms with E-state index in [4.69, 9.17) is 0 Å². The molecule has 2 aliphatic rings. The molecule has 2 fully saturated rings. The molecule has 0 radical (unpaired) electrons. The maximum absolute atomic E-state index is 14.0. The third-order valence-electron chi connectivity index (χ3n) is 5.57. The van der Waals surface area contributed by atoms with Gasteiger partial charge in [0.1, 0.15) is 11.6 Å². The Morgan fingerprint density at radius 2 is 1.83 bits per heavy atom. The predicted molar refractivity (Wildman–Crippen MR) is 89.5 cm³/mol. The molecule has 1 aromatic rings. The van der Waals surface area contributed by atoms with E-state index in [0.717, 1.165) is 19.2 Å². The lowest BCUT2D eigenvalue weighted by Gasteiger charge is -2.38. The van der Waals surface area contributed by atoms with E-state index in [1.807, 2.05) is 11.8 Å². The molecule has 1 atom stereocenters. The summed E-state index contributed by atoms with van der Waals surface area (Å²) >= 11 is 0. The van der Waals surface area contributed by atoms with Gasteiger partial charge in [-0.2, -0.15) is 0 Å². The van der Waals surface area contributed by atoms with Gasteiger partial charge in [0.2, 0.25) is 5.91 Å². The van der Waals surface area contributed by atoms with Crippen molar-refractivity contribution in [3.8, 4) is 0 Å². The minimum absolute atomic E-state index is 0.113. The van der Waals surface area contributed by atoms with E-state index in [1.54, 1.807) is 0 Å². The molecule has 24 heavy (non-hydrogen) atoms. The summed E-state index contributed by atoms with van der Waals surface area (Å²) in [5, 5.41) is 0. The Labute approximate surface area is 142 Å². The van der Waals surface area contributed by atoms with E-state index in [1.165, 1.54) is 37.8 Å². The molecule has 1 unspecified atom stereocenters. The van der Waals surface area contributed by atoms with Crippen molar-refractivity contribution < 1.29 is 13.6 Å². The summed E-state index contributed by atoms with van der Waals surface area (Å²) in [5.41, 5.74) is 0.516. The lowest BCUT2D eigenvalue weighted by Crippen LogP contribution is -2.49. The summed E-state index contributed by atoms with van der Waals surface area (Å²) < 4.78 is 27.0. The summed E-state index contributed by atoms with van der Waals surface area (Å²) in [6.07, 6.45) is 5.57. The van der Waals surface area contributed by atoms with Gasteiger partial charge in [-0.25, -0.2) is 8.78 Å². The Kier molecular flexibility index (Phi) is 5.49. The number of rotatable bonds is 4. The first-order chi connectivity index (χ1) is 11.5. The van der Waals surface area contributed by atoms with Gasteiger partial charge in [0.05, 0.1) is 0 Å². The maximum Gasteiger partial charge on any atom is 0.222 e. The number of benzene rings is 1. The SMILES string of the molecule is CC(c1ccc(F)cc1F)N1CCN(C(=O)CC2CCCC2)CC1. The molecule has 5 heteroatoms. The topological polar surface area (TPSA) is 23.6 Å². The van der Waals surface area contributed by atoms with Gasteiger partial charge in [-0.15, -0.1) is 0 Å². The molecule has 1 amide bonds. The van der Waals surface area contributed by atoms with E-state index in [-0.39, 0.29) is 11.9 Å². The molecule has 3 rings (SSSR count). The number of nitrogens with zero attached hydrogens (tertiary/aromatic N) is 2. The third kappa shape index (κ3) is 3.94. The summed E-state index contributed by atoms with van der Waals surface area (Å²) in [4.78, 5) is 16.5. The highest BCUT2D eigenvalue weighted by atomic mass is 19.1. The van der Waals surface area contributed by atoms with Gasteiger partial charge in [-0.1, -0.05) is 18.9 Å². The zero-order valence-corrected chi connectivity index (χ0v) is 14.3. The van der Waals surface area contributed by atoms with Gasteiger partial charge in [-0.3, -0.25) is 9.69 Å². The van der Waals surface area contributed by atoms with Crippen LogP contribution in [0.2, 0.25) is 0 Å². The molecule has 132 valence electrons. The fourth-order valence-electron chi connectivity index (χ4n) is 3.99. The van der Waals surface area contributed by atoms with E-state index in [2.05, 4.69) is 4.90 Å². The monoisotopic (exact) mass is 336 g/mol. The number of carbonyl (C=O) groups excluding carboxylic acids is 1. The number of hydrogen-bond donors (Lipinski definition) is 0. The second kappa shape index (κ2) is 7.60. The molecule has 1 saturated carbocycles. The van der Waals surface area contributed by atoms with Crippen LogP contribution in [0.4, 0.5) is 8.78 Å². The molecule has 1 saturated heterocycles. The van der Waals surface area contributed by atoms with Gasteiger partial charge in [0, 0.05) is 50.3 Å². The second-order valence-corrected chi connectivity index (χ2v) is 7.11. The Bertz CT molecular complexity index is 579. The van der Waals surface area contributed by atoms with Crippen LogP contribution in [0, 0.1) is 17.6 Å². The zero-order chi connectivity index (χ0) is 17.1. The molecule has 0 spiro atoms. The normalized spacial score (nSPS) is 21.2. The van der Waals surface area contributed by atoms with Crippen molar-refractivity contribution >= 4 is 5.91 Å². The van der Waals surface area contributed by atoms with Gasteiger partial charge >= 0.3 is 0 Å². The van der Waals surface area contributed by atoms with Crippen molar-refractivity contribution in [2.75, 3.05) is 26.2 Å². The van der Waals surface area contributed by atoms with Crippen LogP contribution in [0.1, 0.15) is 50.6 Å². The first kappa shape index (κ1) is 17.3. The van der Waals surface area contributed by atoms with Crippen molar-refractivity contribution in [2.24, 2.45) is 5.92 Å². The Morgan fingerprint density at radius 1 is 1.17 bits per heavy atom. The fourth-order valence-corrected chi connectivity index (χ4v) is 3.99. The number of piperazine rings is 1. The first-order valence-corrected chi connectivity index (χ1v) is 9.01. The van der Waals surface area contributed by atoms with E-state index in [0.29, 0.717) is 31.0 Å². The molecule has 0 bridgehead atoms. The van der Waals surface area contributed by atoms with Crippen molar-refractivity contribution in [1.82, 2.24) is 9.80 Å². The highest BCUT2D eigenvalue weighted by molar-refractivity contribution is 5.76. The van der Waals surface area contributed by atoms with Gasteiger partial charge in [0.15, 0.2) is 0 Å². The average molecular weight is 336 g/mol. The zero-order valence-electron chi connectivity index (χ0n) is 14.3.